The van der Waals surface area contributed by atoms with Gasteiger partial charge < -0.3 is 5.11 Å². The molecule has 118 valence electrons. The molecule has 0 radical (unpaired) electrons. The second-order valence-corrected chi connectivity index (χ2v) is 9.45. The molecule has 0 bridgehead atoms. The van der Waals surface area contributed by atoms with Crippen LogP contribution in [0.3, 0.4) is 0 Å². The Morgan fingerprint density at radius 2 is 2.00 bits per heavy atom. The third-order valence-electron chi connectivity index (χ3n) is 4.90. The lowest BCUT2D eigenvalue weighted by molar-refractivity contribution is 0.129. The normalized spacial score (nSPS) is 27.5. The number of hydrogen-bond acceptors (Lipinski definition) is 4. The molecule has 0 spiro atoms. The lowest BCUT2D eigenvalue weighted by Crippen LogP contribution is -2.49. The molecule has 21 heavy (non-hydrogen) atoms. The number of fused-ring (bicyclic) bond motifs is 1. The number of sulfonamides is 1. The van der Waals surface area contributed by atoms with Crippen molar-refractivity contribution in [3.8, 4) is 0 Å². The van der Waals surface area contributed by atoms with Crippen molar-refractivity contribution in [2.45, 2.75) is 62.3 Å². The van der Waals surface area contributed by atoms with Gasteiger partial charge >= 0.3 is 0 Å². The van der Waals surface area contributed by atoms with Gasteiger partial charge in [0, 0.05) is 17.5 Å². The third kappa shape index (κ3) is 2.79. The number of aryl methyl sites for hydroxylation is 1. The molecule has 4 nitrogen and oxygen atoms in total. The van der Waals surface area contributed by atoms with Crippen LogP contribution in [0.15, 0.2) is 10.3 Å². The summed E-state index contributed by atoms with van der Waals surface area (Å²) < 4.78 is 28.1. The van der Waals surface area contributed by atoms with Crippen molar-refractivity contribution in [2.24, 2.45) is 5.92 Å². The first-order chi connectivity index (χ1) is 10.0. The molecule has 6 heteroatoms. The fourth-order valence-electron chi connectivity index (χ4n) is 3.77. The Labute approximate surface area is 130 Å². The fourth-order valence-corrected chi connectivity index (χ4v) is 7.10. The average molecular weight is 329 g/mol. The summed E-state index contributed by atoms with van der Waals surface area (Å²) >= 11 is 1.22. The standard InChI is InChI=1S/C15H23NO3S2/c1-11-9-15(20-14(11)10-17)21(18,19)16-8-4-6-12-5-2-3-7-13(12)16/h9,12-13,17H,2-8,10H2,1H3. The maximum atomic E-state index is 13.0. The van der Waals surface area contributed by atoms with Crippen LogP contribution in [-0.4, -0.2) is 30.4 Å². The van der Waals surface area contributed by atoms with E-state index in [1.807, 2.05) is 6.92 Å². The molecule has 2 heterocycles. The van der Waals surface area contributed by atoms with Gasteiger partial charge in [-0.3, -0.25) is 0 Å². The van der Waals surface area contributed by atoms with E-state index in [9.17, 15) is 13.5 Å². The minimum absolute atomic E-state index is 0.0852. The van der Waals surface area contributed by atoms with E-state index >= 15 is 0 Å². The molecule has 2 atom stereocenters. The molecule has 0 aromatic carbocycles. The Morgan fingerprint density at radius 3 is 2.71 bits per heavy atom. The summed E-state index contributed by atoms with van der Waals surface area (Å²) in [7, 11) is -3.40. The maximum Gasteiger partial charge on any atom is 0.252 e. The summed E-state index contributed by atoms with van der Waals surface area (Å²) in [6.45, 7) is 2.42. The monoisotopic (exact) mass is 329 g/mol. The molecule has 1 aliphatic heterocycles. The SMILES string of the molecule is Cc1cc(S(=O)(=O)N2CCCC3CCCCC32)sc1CO. The molecule has 1 saturated heterocycles. The lowest BCUT2D eigenvalue weighted by Gasteiger charge is -2.42. The fraction of sp³-hybridized carbons (Fsp3) is 0.733. The van der Waals surface area contributed by atoms with Crippen molar-refractivity contribution >= 4 is 21.4 Å². The van der Waals surface area contributed by atoms with Crippen LogP contribution in [0.2, 0.25) is 0 Å². The Balaban J connectivity index is 1.92. The minimum Gasteiger partial charge on any atom is -0.391 e. The number of hydrogen-bond donors (Lipinski definition) is 1. The highest BCUT2D eigenvalue weighted by Crippen LogP contribution is 2.39. The van der Waals surface area contributed by atoms with E-state index in [-0.39, 0.29) is 12.6 Å². The number of aliphatic hydroxyl groups is 1. The van der Waals surface area contributed by atoms with Gasteiger partial charge in [0.15, 0.2) is 0 Å². The topological polar surface area (TPSA) is 57.6 Å². The van der Waals surface area contributed by atoms with E-state index in [2.05, 4.69) is 0 Å². The Hall–Kier alpha value is -0.430. The number of piperidine rings is 1. The van der Waals surface area contributed by atoms with Gasteiger partial charge in [-0.15, -0.1) is 11.3 Å². The predicted octanol–water partition coefficient (Wildman–Crippen LogP) is 2.89. The molecule has 1 aliphatic carbocycles. The second-order valence-electron chi connectivity index (χ2n) is 6.20. The summed E-state index contributed by atoms with van der Waals surface area (Å²) in [5.41, 5.74) is 0.873. The van der Waals surface area contributed by atoms with Crippen LogP contribution in [0.4, 0.5) is 0 Å². The zero-order valence-corrected chi connectivity index (χ0v) is 14.0. The highest BCUT2D eigenvalue weighted by Gasteiger charge is 2.40. The molecular weight excluding hydrogens is 306 g/mol. The first-order valence-electron chi connectivity index (χ1n) is 7.76. The van der Waals surface area contributed by atoms with Crippen molar-refractivity contribution in [2.75, 3.05) is 6.54 Å². The van der Waals surface area contributed by atoms with Crippen LogP contribution >= 0.6 is 11.3 Å². The zero-order chi connectivity index (χ0) is 15.0. The van der Waals surface area contributed by atoms with Crippen LogP contribution in [0.25, 0.3) is 0 Å². The molecule has 0 amide bonds. The van der Waals surface area contributed by atoms with Gasteiger partial charge in [0.05, 0.1) is 6.61 Å². The van der Waals surface area contributed by atoms with Crippen molar-refractivity contribution in [3.05, 3.63) is 16.5 Å². The molecule has 2 fully saturated rings. The minimum atomic E-state index is -3.40. The molecule has 3 rings (SSSR count). The van der Waals surface area contributed by atoms with Crippen molar-refractivity contribution < 1.29 is 13.5 Å². The van der Waals surface area contributed by atoms with Gasteiger partial charge in [0.25, 0.3) is 10.0 Å². The van der Waals surface area contributed by atoms with Gasteiger partial charge in [0.1, 0.15) is 4.21 Å². The second kappa shape index (κ2) is 5.99. The third-order valence-corrected chi connectivity index (χ3v) is 8.49. The van der Waals surface area contributed by atoms with E-state index in [0.29, 0.717) is 16.7 Å². The highest BCUT2D eigenvalue weighted by molar-refractivity contribution is 7.91. The van der Waals surface area contributed by atoms with Crippen molar-refractivity contribution in [1.82, 2.24) is 4.31 Å². The van der Waals surface area contributed by atoms with E-state index in [0.717, 1.165) is 29.7 Å². The van der Waals surface area contributed by atoms with Crippen LogP contribution in [0, 0.1) is 12.8 Å². The number of aliphatic hydroxyl groups excluding tert-OH is 1. The molecule has 2 unspecified atom stereocenters. The lowest BCUT2D eigenvalue weighted by atomic mass is 9.79. The largest absolute Gasteiger partial charge is 0.391 e. The summed E-state index contributed by atoms with van der Waals surface area (Å²) in [5.74, 6) is 0.542. The summed E-state index contributed by atoms with van der Waals surface area (Å²) in [5, 5.41) is 9.30. The van der Waals surface area contributed by atoms with Gasteiger partial charge in [-0.1, -0.05) is 12.8 Å². The van der Waals surface area contributed by atoms with E-state index in [1.54, 1.807) is 10.4 Å². The average Bonchev–Trinajstić information content (AvgIpc) is 2.88. The van der Waals surface area contributed by atoms with Crippen LogP contribution in [-0.2, 0) is 16.6 Å². The van der Waals surface area contributed by atoms with Crippen LogP contribution in [0.5, 0.6) is 0 Å². The van der Waals surface area contributed by atoms with Crippen molar-refractivity contribution in [3.63, 3.8) is 0 Å². The van der Waals surface area contributed by atoms with Gasteiger partial charge in [-0.2, -0.15) is 4.31 Å². The number of nitrogens with zero attached hydrogens (tertiary/aromatic N) is 1. The Bertz CT molecular complexity index is 606. The summed E-state index contributed by atoms with van der Waals surface area (Å²) in [6, 6.07) is 1.91. The predicted molar refractivity (Wildman–Crippen MR) is 83.9 cm³/mol. The van der Waals surface area contributed by atoms with Crippen molar-refractivity contribution in [1.29, 1.82) is 0 Å². The van der Waals surface area contributed by atoms with E-state index in [1.165, 1.54) is 30.6 Å². The first kappa shape index (κ1) is 15.5. The zero-order valence-electron chi connectivity index (χ0n) is 12.4. The first-order valence-corrected chi connectivity index (χ1v) is 10.0. The smallest absolute Gasteiger partial charge is 0.252 e. The molecule has 1 aromatic heterocycles. The Kier molecular flexibility index (Phi) is 4.41. The molecule has 1 aromatic rings. The van der Waals surface area contributed by atoms with Gasteiger partial charge in [0.2, 0.25) is 0 Å². The van der Waals surface area contributed by atoms with E-state index < -0.39 is 10.0 Å². The molecule has 1 saturated carbocycles. The molecular formula is C15H23NO3S2. The maximum absolute atomic E-state index is 13.0. The summed E-state index contributed by atoms with van der Waals surface area (Å²) in [6.07, 6.45) is 6.68. The Morgan fingerprint density at radius 1 is 1.29 bits per heavy atom. The van der Waals surface area contributed by atoms with Crippen LogP contribution < -0.4 is 0 Å². The van der Waals surface area contributed by atoms with Crippen LogP contribution in [0.1, 0.15) is 49.0 Å². The molecule has 1 N–H and O–H groups in total. The van der Waals surface area contributed by atoms with Gasteiger partial charge in [-0.25, -0.2) is 8.42 Å². The summed E-state index contributed by atoms with van der Waals surface area (Å²) in [4.78, 5) is 0.755. The van der Waals surface area contributed by atoms with E-state index in [4.69, 9.17) is 0 Å². The molecule has 2 aliphatic rings. The highest BCUT2D eigenvalue weighted by atomic mass is 32.2. The van der Waals surface area contributed by atoms with Gasteiger partial charge in [-0.05, 0) is 50.2 Å². The number of thiophene rings is 1. The number of rotatable bonds is 3. The quantitative estimate of drug-likeness (QED) is 0.927.